The molecule has 0 saturated carbocycles. The molecule has 0 radical (unpaired) electrons. The fourth-order valence-electron chi connectivity index (χ4n) is 2.32. The number of anilines is 2. The van der Waals surface area contributed by atoms with E-state index in [2.05, 4.69) is 15.4 Å². The van der Waals surface area contributed by atoms with E-state index in [0.29, 0.717) is 5.69 Å². The van der Waals surface area contributed by atoms with Crippen LogP contribution in [-0.4, -0.2) is 30.7 Å². The average molecular weight is 492 g/mol. The largest absolute Gasteiger partial charge is 0.468 e. The summed E-state index contributed by atoms with van der Waals surface area (Å²) in [5, 5.41) is 5.68. The number of carbonyl (C=O) groups is 4. The van der Waals surface area contributed by atoms with Crippen molar-refractivity contribution in [3.63, 3.8) is 0 Å². The molecular weight excluding hydrogens is 478 g/mol. The number of hydrogen-bond donors (Lipinski definition) is 2. The number of carbonyl (C=O) groups excluding carboxylic acids is 4. The number of rotatable bonds is 7. The first-order chi connectivity index (χ1) is 14.1. The summed E-state index contributed by atoms with van der Waals surface area (Å²) in [5.74, 6) is -5.67. The van der Waals surface area contributed by atoms with Crippen molar-refractivity contribution < 1.29 is 23.9 Å². The summed E-state index contributed by atoms with van der Waals surface area (Å²) in [7, 11) is 1.04. The summed E-state index contributed by atoms with van der Waals surface area (Å²) in [6.07, 6.45) is -0.624. The second kappa shape index (κ2) is 10.6. The third kappa shape index (κ3) is 6.34. The van der Waals surface area contributed by atoms with E-state index in [0.717, 1.165) is 7.11 Å². The van der Waals surface area contributed by atoms with Crippen LogP contribution in [0.5, 0.6) is 0 Å². The van der Waals surface area contributed by atoms with E-state index in [9.17, 15) is 19.2 Å². The maximum Gasteiger partial charge on any atom is 0.317 e. The van der Waals surface area contributed by atoms with Crippen molar-refractivity contribution in [2.24, 2.45) is 5.92 Å². The minimum Gasteiger partial charge on any atom is -0.468 e. The average Bonchev–Trinajstić information content (AvgIpc) is 2.70. The topological polar surface area (TPSA) is 102 Å². The number of esters is 1. The van der Waals surface area contributed by atoms with Gasteiger partial charge >= 0.3 is 5.97 Å². The summed E-state index contributed by atoms with van der Waals surface area (Å²) in [5.41, 5.74) is 0.484. The minimum atomic E-state index is -1.65. The van der Waals surface area contributed by atoms with Crippen LogP contribution in [0.3, 0.4) is 0 Å². The van der Waals surface area contributed by atoms with Crippen LogP contribution in [0.4, 0.5) is 11.4 Å². The van der Waals surface area contributed by atoms with Gasteiger partial charge in [0.2, 0.25) is 11.7 Å². The molecule has 0 aliphatic carbocycles. The van der Waals surface area contributed by atoms with E-state index in [1.807, 2.05) is 0 Å². The monoisotopic (exact) mass is 490 g/mol. The Morgan fingerprint density at radius 1 is 0.833 bits per heavy atom. The lowest BCUT2D eigenvalue weighted by molar-refractivity contribution is -0.153. The van der Waals surface area contributed by atoms with Crippen LogP contribution >= 0.6 is 46.4 Å². The number of nitrogens with one attached hydrogen (secondary N) is 2. The maximum absolute atomic E-state index is 12.5. The molecule has 0 bridgehead atoms. The second-order valence-corrected chi connectivity index (χ2v) is 7.53. The number of hydrogen-bond acceptors (Lipinski definition) is 5. The molecule has 0 saturated heterocycles. The Hall–Kier alpha value is -2.32. The Balaban J connectivity index is 2.11. The summed E-state index contributed by atoms with van der Waals surface area (Å²) in [6, 6.07) is 8.52. The summed E-state index contributed by atoms with van der Waals surface area (Å²) in [4.78, 5) is 49.1. The van der Waals surface area contributed by atoms with Gasteiger partial charge in [0.25, 0.3) is 5.91 Å². The number of halogens is 4. The van der Waals surface area contributed by atoms with Crippen molar-refractivity contribution in [3.8, 4) is 0 Å². The SMILES string of the molecule is COC(=O)C(CC(=O)Nc1ccc(Cl)c(Cl)c1)C(=O)C(=O)Nc1ccc(Cl)c(Cl)c1. The van der Waals surface area contributed by atoms with Crippen molar-refractivity contribution in [2.45, 2.75) is 6.42 Å². The van der Waals surface area contributed by atoms with Crippen molar-refractivity contribution in [1.29, 1.82) is 0 Å². The van der Waals surface area contributed by atoms with E-state index >= 15 is 0 Å². The zero-order valence-electron chi connectivity index (χ0n) is 15.3. The fourth-order valence-corrected chi connectivity index (χ4v) is 2.92. The Labute approximate surface area is 191 Å². The third-order valence-electron chi connectivity index (χ3n) is 3.80. The van der Waals surface area contributed by atoms with Crippen LogP contribution in [0.15, 0.2) is 36.4 Å². The molecule has 2 amide bonds. The van der Waals surface area contributed by atoms with Crippen molar-refractivity contribution in [1.82, 2.24) is 0 Å². The smallest absolute Gasteiger partial charge is 0.317 e. The van der Waals surface area contributed by atoms with Crippen molar-refractivity contribution >= 4 is 81.3 Å². The van der Waals surface area contributed by atoms with Gasteiger partial charge in [0.1, 0.15) is 5.92 Å². The summed E-state index contributed by atoms with van der Waals surface area (Å²) >= 11 is 23.4. The highest BCUT2D eigenvalue weighted by Crippen LogP contribution is 2.26. The van der Waals surface area contributed by atoms with Crippen molar-refractivity contribution in [2.75, 3.05) is 17.7 Å². The second-order valence-electron chi connectivity index (χ2n) is 5.90. The summed E-state index contributed by atoms with van der Waals surface area (Å²) in [6.45, 7) is 0. The van der Waals surface area contributed by atoms with E-state index in [1.54, 1.807) is 0 Å². The Kier molecular flexibility index (Phi) is 8.49. The van der Waals surface area contributed by atoms with E-state index in [1.165, 1.54) is 36.4 Å². The van der Waals surface area contributed by atoms with Gasteiger partial charge in [-0.3, -0.25) is 19.2 Å². The Bertz CT molecular complexity index is 1010. The van der Waals surface area contributed by atoms with Crippen molar-refractivity contribution in [3.05, 3.63) is 56.5 Å². The van der Waals surface area contributed by atoms with Crippen LogP contribution in [-0.2, 0) is 23.9 Å². The van der Waals surface area contributed by atoms with Crippen LogP contribution < -0.4 is 10.6 Å². The molecular formula is C19H14Cl4N2O5. The van der Waals surface area contributed by atoms with Gasteiger partial charge in [-0.1, -0.05) is 46.4 Å². The molecule has 11 heteroatoms. The molecule has 0 heterocycles. The number of Topliss-reactive ketones (excluding diaryl/α,β-unsaturated/α-hetero) is 1. The molecule has 7 nitrogen and oxygen atoms in total. The van der Waals surface area contributed by atoms with Crippen LogP contribution in [0.2, 0.25) is 20.1 Å². The summed E-state index contributed by atoms with van der Waals surface area (Å²) < 4.78 is 4.56. The zero-order chi connectivity index (χ0) is 22.4. The molecule has 0 aliphatic rings. The number of benzene rings is 2. The van der Waals surface area contributed by atoms with Gasteiger partial charge in [-0.15, -0.1) is 0 Å². The Morgan fingerprint density at radius 3 is 1.80 bits per heavy atom. The zero-order valence-corrected chi connectivity index (χ0v) is 18.3. The normalized spacial score (nSPS) is 11.4. The molecule has 2 rings (SSSR count). The standard InChI is InChI=1S/C19H14Cl4N2O5/c1-30-19(29)11(8-16(26)24-9-2-4-12(20)14(22)6-9)17(27)18(28)25-10-3-5-13(21)15(23)7-10/h2-7,11H,8H2,1H3,(H,24,26)(H,25,28). The van der Waals surface area contributed by atoms with Crippen LogP contribution in [0, 0.1) is 5.92 Å². The highest BCUT2D eigenvalue weighted by molar-refractivity contribution is 6.45. The molecule has 1 unspecified atom stereocenters. The predicted molar refractivity (Wildman–Crippen MR) is 115 cm³/mol. The fraction of sp³-hybridized carbons (Fsp3) is 0.158. The van der Waals surface area contributed by atoms with Gasteiger partial charge in [-0.05, 0) is 36.4 Å². The Morgan fingerprint density at radius 2 is 1.33 bits per heavy atom. The van der Waals surface area contributed by atoms with Crippen LogP contribution in [0.25, 0.3) is 0 Å². The number of ether oxygens (including phenoxy) is 1. The van der Waals surface area contributed by atoms with E-state index in [-0.39, 0.29) is 25.8 Å². The molecule has 0 aromatic heterocycles. The molecule has 30 heavy (non-hydrogen) atoms. The first-order valence-corrected chi connectivity index (χ1v) is 9.76. The molecule has 0 spiro atoms. The lowest BCUT2D eigenvalue weighted by Crippen LogP contribution is -2.37. The molecule has 2 aromatic carbocycles. The third-order valence-corrected chi connectivity index (χ3v) is 5.27. The quantitative estimate of drug-likeness (QED) is 0.334. The minimum absolute atomic E-state index is 0.160. The lowest BCUT2D eigenvalue weighted by atomic mass is 9.98. The molecule has 2 N–H and O–H groups in total. The maximum atomic E-state index is 12.5. The molecule has 1 atom stereocenters. The first kappa shape index (κ1) is 24.0. The molecule has 0 aliphatic heterocycles. The van der Waals surface area contributed by atoms with Gasteiger partial charge in [-0.25, -0.2) is 0 Å². The first-order valence-electron chi connectivity index (χ1n) is 8.25. The van der Waals surface area contributed by atoms with Gasteiger partial charge in [0.05, 0.1) is 27.2 Å². The number of amides is 2. The van der Waals surface area contributed by atoms with E-state index < -0.39 is 35.9 Å². The van der Waals surface area contributed by atoms with Gasteiger partial charge in [0.15, 0.2) is 0 Å². The highest BCUT2D eigenvalue weighted by atomic mass is 35.5. The highest BCUT2D eigenvalue weighted by Gasteiger charge is 2.34. The van der Waals surface area contributed by atoms with Gasteiger partial charge < -0.3 is 15.4 Å². The number of ketones is 1. The molecule has 0 fully saturated rings. The van der Waals surface area contributed by atoms with Crippen LogP contribution in [0.1, 0.15) is 6.42 Å². The lowest BCUT2D eigenvalue weighted by Gasteiger charge is -2.14. The molecule has 2 aromatic rings. The predicted octanol–water partition coefficient (Wildman–Crippen LogP) is 4.63. The van der Waals surface area contributed by atoms with Gasteiger partial charge in [0, 0.05) is 17.8 Å². The van der Waals surface area contributed by atoms with Gasteiger partial charge in [-0.2, -0.15) is 0 Å². The number of methoxy groups -OCH3 is 1. The molecule has 158 valence electrons. The van der Waals surface area contributed by atoms with E-state index in [4.69, 9.17) is 46.4 Å².